The number of nitrogens with one attached hydrogen (secondary N) is 1. The number of benzene rings is 2. The number of ether oxygens (including phenoxy) is 2. The molecule has 28 heavy (non-hydrogen) atoms. The summed E-state index contributed by atoms with van der Waals surface area (Å²) in [7, 11) is 3.31. The number of fused-ring (bicyclic) bond motifs is 1. The number of carbonyl (C=O) groups is 2. The van der Waals surface area contributed by atoms with Crippen molar-refractivity contribution >= 4 is 34.3 Å². The summed E-state index contributed by atoms with van der Waals surface area (Å²) in [6, 6.07) is 9.10. The van der Waals surface area contributed by atoms with E-state index in [4.69, 9.17) is 9.47 Å². The maximum atomic E-state index is 12.6. The molecule has 1 N–H and O–H groups in total. The Hall–Kier alpha value is -3.27. The Labute approximate surface area is 164 Å². The Bertz CT molecular complexity index is 930. The monoisotopic (exact) mass is 403 g/mol. The number of hydrogen-bond donors (Lipinski definition) is 1. The number of rotatable bonds is 4. The molecule has 3 rings (SSSR count). The van der Waals surface area contributed by atoms with Crippen LogP contribution in [0.3, 0.4) is 0 Å². The van der Waals surface area contributed by atoms with Gasteiger partial charge in [0.15, 0.2) is 11.5 Å². The Morgan fingerprint density at radius 2 is 1.71 bits per heavy atom. The molecule has 10 heteroatoms. The molecular formula is C18H17N3O6S. The fourth-order valence-corrected chi connectivity index (χ4v) is 3.06. The minimum absolute atomic E-state index is 0.122. The largest absolute Gasteiger partial charge is 0.486 e. The number of hydrogen-bond acceptors (Lipinski definition) is 7. The summed E-state index contributed by atoms with van der Waals surface area (Å²) in [6.45, 7) is 0.590. The first kappa shape index (κ1) is 19.5. The zero-order valence-electron chi connectivity index (χ0n) is 15.1. The number of anilines is 1. The summed E-state index contributed by atoms with van der Waals surface area (Å²) in [5.41, 5.74) is -0.0585. The summed E-state index contributed by atoms with van der Waals surface area (Å²) in [6.07, 6.45) is 0. The van der Waals surface area contributed by atoms with E-state index in [0.717, 1.165) is 11.8 Å². The molecular weight excluding hydrogens is 386 g/mol. The van der Waals surface area contributed by atoms with Crippen LogP contribution in [0.25, 0.3) is 0 Å². The molecule has 0 bridgehead atoms. The molecule has 0 aliphatic carbocycles. The molecule has 9 nitrogen and oxygen atoms in total. The highest BCUT2D eigenvalue weighted by Gasteiger charge is 2.26. The number of thioether (sulfide) groups is 1. The third-order valence-electron chi connectivity index (χ3n) is 3.78. The smallest absolute Gasteiger partial charge is 0.286 e. The van der Waals surface area contributed by atoms with Crippen LogP contribution < -0.4 is 14.8 Å². The Balaban J connectivity index is 1.79. The van der Waals surface area contributed by atoms with Gasteiger partial charge in [-0.2, -0.15) is 0 Å². The average Bonchev–Trinajstić information content (AvgIpc) is 2.68. The van der Waals surface area contributed by atoms with E-state index in [1.165, 1.54) is 17.0 Å². The number of carbonyl (C=O) groups excluding carboxylic acids is 2. The average molecular weight is 403 g/mol. The van der Waals surface area contributed by atoms with Gasteiger partial charge in [0.2, 0.25) is 0 Å². The highest BCUT2D eigenvalue weighted by Crippen LogP contribution is 2.37. The summed E-state index contributed by atoms with van der Waals surface area (Å²) in [5.74, 6) is -0.120. The zero-order valence-corrected chi connectivity index (χ0v) is 15.9. The van der Waals surface area contributed by atoms with Crippen LogP contribution in [0.5, 0.6) is 11.5 Å². The minimum Gasteiger partial charge on any atom is -0.486 e. The molecule has 2 amide bonds. The third-order valence-corrected chi connectivity index (χ3v) is 4.83. The second-order valence-electron chi connectivity index (χ2n) is 6.01. The van der Waals surface area contributed by atoms with Crippen molar-refractivity contribution in [3.63, 3.8) is 0 Å². The summed E-state index contributed by atoms with van der Waals surface area (Å²) >= 11 is 1.05. The van der Waals surface area contributed by atoms with Crippen molar-refractivity contribution in [3.8, 4) is 11.5 Å². The van der Waals surface area contributed by atoms with Crippen molar-refractivity contribution in [2.24, 2.45) is 0 Å². The van der Waals surface area contributed by atoms with Crippen LogP contribution in [0.15, 0.2) is 41.3 Å². The lowest BCUT2D eigenvalue weighted by Crippen LogP contribution is -2.18. The van der Waals surface area contributed by atoms with Crippen LogP contribution >= 0.6 is 11.8 Å². The number of nitro benzene ring substituents is 1. The van der Waals surface area contributed by atoms with Crippen LogP contribution in [0.1, 0.15) is 10.4 Å². The molecule has 0 fully saturated rings. The molecule has 2 aromatic carbocycles. The topological polar surface area (TPSA) is 111 Å². The van der Waals surface area contributed by atoms with Crippen molar-refractivity contribution < 1.29 is 24.0 Å². The van der Waals surface area contributed by atoms with Gasteiger partial charge >= 0.3 is 0 Å². The van der Waals surface area contributed by atoms with Crippen molar-refractivity contribution in [3.05, 3.63) is 52.1 Å². The van der Waals surface area contributed by atoms with Gasteiger partial charge in [0.25, 0.3) is 16.8 Å². The maximum absolute atomic E-state index is 12.6. The van der Waals surface area contributed by atoms with E-state index in [1.807, 2.05) is 0 Å². The van der Waals surface area contributed by atoms with E-state index < -0.39 is 10.8 Å². The first-order chi connectivity index (χ1) is 13.3. The van der Waals surface area contributed by atoms with E-state index in [-0.39, 0.29) is 34.6 Å². The molecule has 0 saturated heterocycles. The lowest BCUT2D eigenvalue weighted by Gasteiger charge is -2.18. The summed E-state index contributed by atoms with van der Waals surface area (Å²) in [5, 5.41) is 13.9. The molecule has 1 aliphatic heterocycles. The molecule has 146 valence electrons. The van der Waals surface area contributed by atoms with Gasteiger partial charge < -0.3 is 19.7 Å². The van der Waals surface area contributed by atoms with Gasteiger partial charge in [0, 0.05) is 30.7 Å². The molecule has 0 radical (unpaired) electrons. The lowest BCUT2D eigenvalue weighted by atomic mass is 10.1. The first-order valence-corrected chi connectivity index (χ1v) is 9.05. The van der Waals surface area contributed by atoms with Crippen LogP contribution in [-0.2, 0) is 0 Å². The minimum atomic E-state index is -0.645. The molecule has 0 unspecified atom stereocenters. The normalized spacial score (nSPS) is 12.2. The van der Waals surface area contributed by atoms with Crippen LogP contribution in [-0.4, -0.2) is 48.3 Å². The molecule has 0 atom stereocenters. The maximum Gasteiger partial charge on any atom is 0.286 e. The zero-order chi connectivity index (χ0) is 20.3. The summed E-state index contributed by atoms with van der Waals surface area (Å²) < 4.78 is 10.7. The Morgan fingerprint density at radius 1 is 1.11 bits per heavy atom. The van der Waals surface area contributed by atoms with Crippen molar-refractivity contribution in [2.75, 3.05) is 32.6 Å². The second kappa shape index (κ2) is 8.17. The quantitative estimate of drug-likeness (QED) is 0.473. The highest BCUT2D eigenvalue weighted by molar-refractivity contribution is 8.13. The van der Waals surface area contributed by atoms with E-state index in [1.54, 1.807) is 38.4 Å². The highest BCUT2D eigenvalue weighted by atomic mass is 32.2. The fourth-order valence-electron chi connectivity index (χ4n) is 2.41. The molecule has 1 aliphatic rings. The number of amides is 2. The molecule has 1 heterocycles. The number of nitro groups is 1. The van der Waals surface area contributed by atoms with Gasteiger partial charge in [-0.25, -0.2) is 0 Å². The van der Waals surface area contributed by atoms with Crippen molar-refractivity contribution in [1.82, 2.24) is 4.90 Å². The standard InChI is InChI=1S/C18H17N3O6S/c1-20(2)18(23)28-12-5-3-11(4-6-12)19-17(22)13-9-15-16(27-8-7-26-15)10-14(13)21(24)25/h3-6,9-10H,7-8H2,1-2H3,(H,19,22). The van der Waals surface area contributed by atoms with E-state index in [0.29, 0.717) is 17.2 Å². The van der Waals surface area contributed by atoms with Crippen LogP contribution in [0, 0.1) is 10.1 Å². The van der Waals surface area contributed by atoms with E-state index >= 15 is 0 Å². The molecule has 0 spiro atoms. The molecule has 0 aromatic heterocycles. The van der Waals surface area contributed by atoms with Gasteiger partial charge in [-0.15, -0.1) is 0 Å². The fraction of sp³-hybridized carbons (Fsp3) is 0.222. The lowest BCUT2D eigenvalue weighted by molar-refractivity contribution is -0.385. The SMILES string of the molecule is CN(C)C(=O)Sc1ccc(NC(=O)c2cc3c(cc2[N+](=O)[O-])OCCO3)cc1. The third kappa shape index (κ3) is 4.34. The van der Waals surface area contributed by atoms with E-state index in [2.05, 4.69) is 5.32 Å². The van der Waals surface area contributed by atoms with Gasteiger partial charge in [-0.1, -0.05) is 0 Å². The van der Waals surface area contributed by atoms with Gasteiger partial charge in [0.1, 0.15) is 18.8 Å². The van der Waals surface area contributed by atoms with Crippen LogP contribution in [0.2, 0.25) is 0 Å². The van der Waals surface area contributed by atoms with Gasteiger partial charge in [0.05, 0.1) is 11.0 Å². The van der Waals surface area contributed by atoms with E-state index in [9.17, 15) is 19.7 Å². The summed E-state index contributed by atoms with van der Waals surface area (Å²) in [4.78, 5) is 37.2. The molecule has 2 aromatic rings. The van der Waals surface area contributed by atoms with Gasteiger partial charge in [-0.3, -0.25) is 19.7 Å². The molecule has 0 saturated carbocycles. The first-order valence-electron chi connectivity index (χ1n) is 8.23. The van der Waals surface area contributed by atoms with Crippen molar-refractivity contribution in [2.45, 2.75) is 4.90 Å². The Morgan fingerprint density at radius 3 is 2.29 bits per heavy atom. The van der Waals surface area contributed by atoms with Crippen molar-refractivity contribution in [1.29, 1.82) is 0 Å². The van der Waals surface area contributed by atoms with Crippen LogP contribution in [0.4, 0.5) is 16.2 Å². The predicted molar refractivity (Wildman–Crippen MR) is 103 cm³/mol. The van der Waals surface area contributed by atoms with Gasteiger partial charge in [-0.05, 0) is 36.0 Å². The predicted octanol–water partition coefficient (Wildman–Crippen LogP) is 3.39. The number of nitrogens with zero attached hydrogens (tertiary/aromatic N) is 2. The second-order valence-corrected chi connectivity index (χ2v) is 7.04. The Kier molecular flexibility index (Phi) is 5.69.